The Morgan fingerprint density at radius 3 is 2.56 bits per heavy atom. The minimum Gasteiger partial charge on any atom is -0.330 e. The number of halogens is 1. The second kappa shape index (κ2) is 7.41. The predicted molar refractivity (Wildman–Crippen MR) is 82.1 cm³/mol. The van der Waals surface area contributed by atoms with E-state index < -0.39 is 10.8 Å². The molecule has 0 aliphatic carbocycles. The van der Waals surface area contributed by atoms with Crippen LogP contribution in [0, 0.1) is 5.41 Å². The van der Waals surface area contributed by atoms with Crippen molar-refractivity contribution in [1.29, 1.82) is 0 Å². The summed E-state index contributed by atoms with van der Waals surface area (Å²) in [4.78, 5) is 0.899. The number of benzene rings is 1. The van der Waals surface area contributed by atoms with Crippen molar-refractivity contribution < 1.29 is 4.21 Å². The van der Waals surface area contributed by atoms with Crippen LogP contribution in [0.1, 0.15) is 33.1 Å². The lowest BCUT2D eigenvalue weighted by molar-refractivity contribution is 0.336. The summed E-state index contributed by atoms with van der Waals surface area (Å²) >= 11 is 3.44. The van der Waals surface area contributed by atoms with Crippen LogP contribution in [0.4, 0.5) is 0 Å². The van der Waals surface area contributed by atoms with E-state index in [1.807, 2.05) is 24.3 Å². The van der Waals surface area contributed by atoms with Crippen LogP contribution < -0.4 is 5.73 Å². The molecule has 0 saturated heterocycles. The van der Waals surface area contributed by atoms with Crippen LogP contribution in [0.5, 0.6) is 0 Å². The SMILES string of the molecule is CC(C)(CN)CCCCS(=O)c1ccccc1Br. The first-order valence-corrected chi connectivity index (χ1v) is 8.40. The van der Waals surface area contributed by atoms with Crippen molar-refractivity contribution in [3.05, 3.63) is 28.7 Å². The highest BCUT2D eigenvalue weighted by molar-refractivity contribution is 9.10. The highest BCUT2D eigenvalue weighted by Gasteiger charge is 2.15. The van der Waals surface area contributed by atoms with Crippen molar-refractivity contribution >= 4 is 26.7 Å². The topological polar surface area (TPSA) is 43.1 Å². The molecule has 1 rings (SSSR count). The molecule has 2 N–H and O–H groups in total. The molecule has 0 aliphatic heterocycles. The first-order valence-electron chi connectivity index (χ1n) is 6.29. The van der Waals surface area contributed by atoms with E-state index in [2.05, 4.69) is 29.8 Å². The van der Waals surface area contributed by atoms with Gasteiger partial charge in [-0.05, 0) is 52.9 Å². The zero-order valence-electron chi connectivity index (χ0n) is 11.1. The summed E-state index contributed by atoms with van der Waals surface area (Å²) in [6.45, 7) is 5.07. The third-order valence-corrected chi connectivity index (χ3v) is 5.53. The van der Waals surface area contributed by atoms with Crippen molar-refractivity contribution in [1.82, 2.24) is 0 Å². The number of unbranched alkanes of at least 4 members (excludes halogenated alkanes) is 1. The molecule has 0 heterocycles. The summed E-state index contributed by atoms with van der Waals surface area (Å²) in [5.74, 6) is 0.725. The summed E-state index contributed by atoms with van der Waals surface area (Å²) < 4.78 is 13.1. The van der Waals surface area contributed by atoms with Gasteiger partial charge in [-0.1, -0.05) is 32.4 Å². The molecule has 2 nitrogen and oxygen atoms in total. The normalized spacial score (nSPS) is 13.6. The number of hydrogen-bond acceptors (Lipinski definition) is 2. The molecular formula is C14H22BrNOS. The Bertz CT molecular complexity index is 407. The minimum absolute atomic E-state index is 0.203. The van der Waals surface area contributed by atoms with Crippen molar-refractivity contribution in [2.24, 2.45) is 11.1 Å². The van der Waals surface area contributed by atoms with E-state index in [4.69, 9.17) is 5.73 Å². The van der Waals surface area contributed by atoms with Gasteiger partial charge in [-0.2, -0.15) is 0 Å². The van der Waals surface area contributed by atoms with E-state index in [1.54, 1.807) is 0 Å². The summed E-state index contributed by atoms with van der Waals surface area (Å²) in [5, 5.41) is 0. The van der Waals surface area contributed by atoms with Crippen LogP contribution >= 0.6 is 15.9 Å². The minimum atomic E-state index is -0.903. The van der Waals surface area contributed by atoms with Crippen molar-refractivity contribution in [2.75, 3.05) is 12.3 Å². The van der Waals surface area contributed by atoms with Gasteiger partial charge in [0.15, 0.2) is 0 Å². The molecule has 0 radical (unpaired) electrons. The van der Waals surface area contributed by atoms with Gasteiger partial charge in [-0.25, -0.2) is 0 Å². The number of nitrogens with two attached hydrogens (primary N) is 1. The first kappa shape index (κ1) is 15.9. The van der Waals surface area contributed by atoms with Crippen LogP contribution in [-0.2, 0) is 10.8 Å². The van der Waals surface area contributed by atoms with Crippen LogP contribution in [-0.4, -0.2) is 16.5 Å². The molecule has 0 bridgehead atoms. The summed E-state index contributed by atoms with van der Waals surface area (Å²) in [7, 11) is -0.903. The molecule has 1 aromatic rings. The molecule has 0 amide bonds. The Morgan fingerprint density at radius 1 is 1.28 bits per heavy atom. The van der Waals surface area contributed by atoms with E-state index >= 15 is 0 Å². The fourth-order valence-corrected chi connectivity index (χ4v) is 3.71. The van der Waals surface area contributed by atoms with Gasteiger partial charge in [-0.15, -0.1) is 0 Å². The van der Waals surface area contributed by atoms with Crippen molar-refractivity contribution in [3.8, 4) is 0 Å². The zero-order chi connectivity index (χ0) is 13.6. The fourth-order valence-electron chi connectivity index (χ4n) is 1.68. The molecule has 4 heteroatoms. The van der Waals surface area contributed by atoms with E-state index in [0.29, 0.717) is 6.54 Å². The second-order valence-electron chi connectivity index (χ2n) is 5.31. The van der Waals surface area contributed by atoms with Crippen molar-refractivity contribution in [2.45, 2.75) is 38.0 Å². The molecule has 0 fully saturated rings. The third kappa shape index (κ3) is 5.21. The van der Waals surface area contributed by atoms with Gasteiger partial charge >= 0.3 is 0 Å². The summed E-state index contributed by atoms with van der Waals surface area (Å²) in [5.41, 5.74) is 5.90. The smallest absolute Gasteiger partial charge is 0.0541 e. The molecule has 102 valence electrons. The Hall–Kier alpha value is -0.190. The van der Waals surface area contributed by atoms with Gasteiger partial charge in [0.2, 0.25) is 0 Å². The van der Waals surface area contributed by atoms with Gasteiger partial charge in [0.1, 0.15) is 0 Å². The Labute approximate surface area is 121 Å². The molecule has 0 aromatic heterocycles. The zero-order valence-corrected chi connectivity index (χ0v) is 13.5. The van der Waals surface area contributed by atoms with Crippen LogP contribution in [0.15, 0.2) is 33.6 Å². The lowest BCUT2D eigenvalue weighted by atomic mass is 9.88. The molecule has 1 atom stereocenters. The lowest BCUT2D eigenvalue weighted by Crippen LogP contribution is -2.23. The predicted octanol–water partition coefficient (Wildman–Crippen LogP) is 3.71. The average Bonchev–Trinajstić information content (AvgIpc) is 2.35. The quantitative estimate of drug-likeness (QED) is 0.774. The second-order valence-corrected chi connectivity index (χ2v) is 7.70. The largest absolute Gasteiger partial charge is 0.330 e. The molecule has 1 unspecified atom stereocenters. The Morgan fingerprint density at radius 2 is 1.94 bits per heavy atom. The van der Waals surface area contributed by atoms with Crippen LogP contribution in [0.25, 0.3) is 0 Å². The Kier molecular flexibility index (Phi) is 6.53. The highest BCUT2D eigenvalue weighted by atomic mass is 79.9. The van der Waals surface area contributed by atoms with Crippen molar-refractivity contribution in [3.63, 3.8) is 0 Å². The van der Waals surface area contributed by atoms with Gasteiger partial charge in [-0.3, -0.25) is 4.21 Å². The van der Waals surface area contributed by atoms with Gasteiger partial charge in [0, 0.05) is 10.2 Å². The Balaban J connectivity index is 2.37. The molecule has 1 aromatic carbocycles. The number of hydrogen-bond donors (Lipinski definition) is 1. The third-order valence-electron chi connectivity index (χ3n) is 3.07. The lowest BCUT2D eigenvalue weighted by Gasteiger charge is -2.21. The maximum atomic E-state index is 12.1. The summed E-state index contributed by atoms with van der Waals surface area (Å²) in [6.07, 6.45) is 3.16. The monoisotopic (exact) mass is 331 g/mol. The van der Waals surface area contributed by atoms with Crippen LogP contribution in [0.3, 0.4) is 0 Å². The van der Waals surface area contributed by atoms with E-state index in [0.717, 1.165) is 34.4 Å². The maximum absolute atomic E-state index is 12.1. The van der Waals surface area contributed by atoms with Crippen LogP contribution in [0.2, 0.25) is 0 Å². The summed E-state index contributed by atoms with van der Waals surface area (Å²) in [6, 6.07) is 7.72. The highest BCUT2D eigenvalue weighted by Crippen LogP contribution is 2.23. The average molecular weight is 332 g/mol. The molecular weight excluding hydrogens is 310 g/mol. The van der Waals surface area contributed by atoms with Gasteiger partial charge in [0.05, 0.1) is 15.7 Å². The number of rotatable bonds is 7. The first-order chi connectivity index (χ1) is 8.46. The van der Waals surface area contributed by atoms with E-state index in [1.165, 1.54) is 0 Å². The molecule has 0 spiro atoms. The molecule has 18 heavy (non-hydrogen) atoms. The van der Waals surface area contributed by atoms with Gasteiger partial charge < -0.3 is 5.73 Å². The maximum Gasteiger partial charge on any atom is 0.0541 e. The fraction of sp³-hybridized carbons (Fsp3) is 0.571. The standard InChI is InChI=1S/C14H22BrNOS/c1-14(2,11-16)9-5-6-10-18(17)13-8-4-3-7-12(13)15/h3-4,7-8H,5-6,9-11,16H2,1-2H3. The molecule has 0 saturated carbocycles. The van der Waals surface area contributed by atoms with Gasteiger partial charge in [0.25, 0.3) is 0 Å². The van der Waals surface area contributed by atoms with E-state index in [-0.39, 0.29) is 5.41 Å². The van der Waals surface area contributed by atoms with E-state index in [9.17, 15) is 4.21 Å². The molecule has 0 aliphatic rings.